The molecule has 0 spiro atoms. The molecule has 1 atom stereocenters. The Labute approximate surface area is 141 Å². The molecule has 0 bridgehead atoms. The molecule has 2 aromatic carbocycles. The Morgan fingerprint density at radius 3 is 2.74 bits per heavy atom. The number of amides is 1. The van der Waals surface area contributed by atoms with Crippen LogP contribution in [0.2, 0.25) is 5.02 Å². The molecule has 0 aromatic heterocycles. The van der Waals surface area contributed by atoms with E-state index in [4.69, 9.17) is 22.1 Å². The first kappa shape index (κ1) is 17.2. The Bertz CT molecular complexity index is 688. The number of carbonyl (C=O) groups is 1. The molecule has 0 fully saturated rings. The summed E-state index contributed by atoms with van der Waals surface area (Å²) >= 11 is 5.86. The summed E-state index contributed by atoms with van der Waals surface area (Å²) in [6.45, 7) is 4.20. The molecule has 0 saturated carbocycles. The van der Waals surface area contributed by atoms with Gasteiger partial charge in [0.25, 0.3) is 5.91 Å². The molecule has 0 aliphatic heterocycles. The average Bonchev–Trinajstić information content (AvgIpc) is 2.56. The third kappa shape index (κ3) is 4.63. The molecule has 2 rings (SSSR count). The Morgan fingerprint density at radius 2 is 2.04 bits per heavy atom. The summed E-state index contributed by atoms with van der Waals surface area (Å²) < 4.78 is 5.68. The minimum absolute atomic E-state index is 0.0595. The third-order valence-corrected chi connectivity index (χ3v) is 4.05. The maximum Gasteiger partial charge on any atom is 0.262 e. The number of nitrogen functional groups attached to an aromatic ring is 1. The van der Waals surface area contributed by atoms with Crippen molar-refractivity contribution in [3.8, 4) is 5.75 Å². The lowest BCUT2D eigenvalue weighted by atomic mass is 9.98. The second-order valence-corrected chi connectivity index (χ2v) is 5.83. The van der Waals surface area contributed by atoms with Gasteiger partial charge in [-0.1, -0.05) is 43.6 Å². The Kier molecular flexibility index (Phi) is 5.88. The highest BCUT2D eigenvalue weighted by atomic mass is 35.5. The fourth-order valence-corrected chi connectivity index (χ4v) is 2.32. The van der Waals surface area contributed by atoms with Crippen LogP contribution in [0.1, 0.15) is 31.7 Å². The molecule has 0 aliphatic carbocycles. The van der Waals surface area contributed by atoms with E-state index >= 15 is 0 Å². The largest absolute Gasteiger partial charge is 0.483 e. The van der Waals surface area contributed by atoms with Gasteiger partial charge in [-0.25, -0.2) is 0 Å². The van der Waals surface area contributed by atoms with E-state index in [9.17, 15) is 4.79 Å². The minimum Gasteiger partial charge on any atom is -0.483 e. The smallest absolute Gasteiger partial charge is 0.262 e. The number of para-hydroxylation sites is 1. The quantitative estimate of drug-likeness (QED) is 0.768. The second kappa shape index (κ2) is 7.88. The van der Waals surface area contributed by atoms with Crippen LogP contribution in [0.3, 0.4) is 0 Å². The van der Waals surface area contributed by atoms with Gasteiger partial charge in [-0.3, -0.25) is 4.79 Å². The summed E-state index contributed by atoms with van der Waals surface area (Å²) in [7, 11) is 0. The fraction of sp³-hybridized carbons (Fsp3) is 0.278. The number of hydrogen-bond acceptors (Lipinski definition) is 3. The Hall–Kier alpha value is -2.20. The van der Waals surface area contributed by atoms with Crippen molar-refractivity contribution in [3.63, 3.8) is 0 Å². The maximum absolute atomic E-state index is 12.0. The highest BCUT2D eigenvalue weighted by molar-refractivity contribution is 6.33. The summed E-state index contributed by atoms with van der Waals surface area (Å²) in [4.78, 5) is 12.0. The molecular weight excluding hydrogens is 312 g/mol. The molecule has 2 aromatic rings. The van der Waals surface area contributed by atoms with Gasteiger partial charge in [0.05, 0.1) is 10.7 Å². The zero-order chi connectivity index (χ0) is 16.8. The Balaban J connectivity index is 1.98. The second-order valence-electron chi connectivity index (χ2n) is 5.42. The zero-order valence-corrected chi connectivity index (χ0v) is 14.1. The van der Waals surface area contributed by atoms with Crippen molar-refractivity contribution in [1.82, 2.24) is 0 Å². The number of benzene rings is 2. The van der Waals surface area contributed by atoms with Crippen molar-refractivity contribution in [2.24, 2.45) is 0 Å². The highest BCUT2D eigenvalue weighted by Crippen LogP contribution is 2.28. The molecule has 3 N–H and O–H groups in total. The molecule has 1 amide bonds. The summed E-state index contributed by atoms with van der Waals surface area (Å²) in [5.41, 5.74) is 7.84. The molecule has 4 nitrogen and oxygen atoms in total. The summed E-state index contributed by atoms with van der Waals surface area (Å²) in [6, 6.07) is 12.8. The van der Waals surface area contributed by atoms with Gasteiger partial charge in [0.2, 0.25) is 0 Å². The fourth-order valence-electron chi connectivity index (χ4n) is 2.20. The number of carbonyl (C=O) groups excluding carboxylic acids is 1. The van der Waals surface area contributed by atoms with Crippen LogP contribution in [-0.4, -0.2) is 12.5 Å². The van der Waals surface area contributed by atoms with Crippen molar-refractivity contribution >= 4 is 28.9 Å². The SMILES string of the molecule is CC[C@@H](C)c1ccccc1OCC(=O)Nc1ccc(Cl)c(N)c1. The molecule has 122 valence electrons. The van der Waals surface area contributed by atoms with Crippen molar-refractivity contribution < 1.29 is 9.53 Å². The van der Waals surface area contributed by atoms with Gasteiger partial charge >= 0.3 is 0 Å². The van der Waals surface area contributed by atoms with E-state index in [0.29, 0.717) is 22.3 Å². The maximum atomic E-state index is 12.0. The predicted octanol–water partition coefficient (Wildman–Crippen LogP) is 4.45. The topological polar surface area (TPSA) is 64.3 Å². The number of rotatable bonds is 6. The van der Waals surface area contributed by atoms with Crippen LogP contribution >= 0.6 is 11.6 Å². The van der Waals surface area contributed by atoms with Crippen LogP contribution in [0, 0.1) is 0 Å². The van der Waals surface area contributed by atoms with Gasteiger partial charge in [-0.15, -0.1) is 0 Å². The van der Waals surface area contributed by atoms with Crippen LogP contribution in [0.25, 0.3) is 0 Å². The first-order chi connectivity index (χ1) is 11.0. The lowest BCUT2D eigenvalue weighted by molar-refractivity contribution is -0.118. The van der Waals surface area contributed by atoms with E-state index < -0.39 is 0 Å². The average molecular weight is 333 g/mol. The molecule has 5 heteroatoms. The number of halogens is 1. The van der Waals surface area contributed by atoms with E-state index in [0.717, 1.165) is 17.7 Å². The van der Waals surface area contributed by atoms with Crippen LogP contribution in [0.5, 0.6) is 5.75 Å². The molecule has 0 aliphatic rings. The van der Waals surface area contributed by atoms with Crippen LogP contribution in [-0.2, 0) is 4.79 Å². The highest BCUT2D eigenvalue weighted by Gasteiger charge is 2.11. The zero-order valence-electron chi connectivity index (χ0n) is 13.3. The molecule has 23 heavy (non-hydrogen) atoms. The van der Waals surface area contributed by atoms with Crippen LogP contribution in [0.15, 0.2) is 42.5 Å². The van der Waals surface area contributed by atoms with E-state index in [1.165, 1.54) is 0 Å². The van der Waals surface area contributed by atoms with E-state index in [-0.39, 0.29) is 12.5 Å². The van der Waals surface area contributed by atoms with Crippen molar-refractivity contribution in [3.05, 3.63) is 53.1 Å². The number of nitrogens with two attached hydrogens (primary N) is 1. The summed E-state index contributed by atoms with van der Waals surface area (Å²) in [6.07, 6.45) is 1.01. The number of hydrogen-bond donors (Lipinski definition) is 2. The first-order valence-electron chi connectivity index (χ1n) is 7.57. The van der Waals surface area contributed by atoms with Crippen molar-refractivity contribution in [2.75, 3.05) is 17.7 Å². The number of anilines is 2. The van der Waals surface area contributed by atoms with Crippen molar-refractivity contribution in [2.45, 2.75) is 26.2 Å². The van der Waals surface area contributed by atoms with E-state index in [1.54, 1.807) is 18.2 Å². The molecule has 0 unspecified atom stereocenters. The normalized spacial score (nSPS) is 11.8. The lowest BCUT2D eigenvalue weighted by Gasteiger charge is -2.15. The monoisotopic (exact) mass is 332 g/mol. The van der Waals surface area contributed by atoms with Gasteiger partial charge in [0, 0.05) is 5.69 Å². The van der Waals surface area contributed by atoms with Gasteiger partial charge in [-0.05, 0) is 42.2 Å². The Morgan fingerprint density at radius 1 is 1.30 bits per heavy atom. The molecular formula is C18H21ClN2O2. The van der Waals surface area contributed by atoms with Crippen LogP contribution < -0.4 is 15.8 Å². The van der Waals surface area contributed by atoms with Crippen molar-refractivity contribution in [1.29, 1.82) is 0 Å². The number of nitrogens with one attached hydrogen (secondary N) is 1. The summed E-state index contributed by atoms with van der Waals surface area (Å²) in [5, 5.41) is 3.20. The molecule has 0 radical (unpaired) electrons. The van der Waals surface area contributed by atoms with Gasteiger partial charge in [-0.2, -0.15) is 0 Å². The number of ether oxygens (including phenoxy) is 1. The minimum atomic E-state index is -0.245. The lowest BCUT2D eigenvalue weighted by Crippen LogP contribution is -2.20. The van der Waals surface area contributed by atoms with E-state index in [1.807, 2.05) is 24.3 Å². The first-order valence-corrected chi connectivity index (χ1v) is 7.95. The van der Waals surface area contributed by atoms with Gasteiger partial charge in [0.1, 0.15) is 5.75 Å². The third-order valence-electron chi connectivity index (χ3n) is 3.70. The van der Waals surface area contributed by atoms with Gasteiger partial charge in [0.15, 0.2) is 6.61 Å². The molecule has 0 saturated heterocycles. The van der Waals surface area contributed by atoms with E-state index in [2.05, 4.69) is 19.2 Å². The molecule has 0 heterocycles. The predicted molar refractivity (Wildman–Crippen MR) is 95.1 cm³/mol. The van der Waals surface area contributed by atoms with Crippen LogP contribution in [0.4, 0.5) is 11.4 Å². The van der Waals surface area contributed by atoms with Gasteiger partial charge < -0.3 is 15.8 Å². The standard InChI is InChI=1S/C18H21ClN2O2/c1-3-12(2)14-6-4-5-7-17(14)23-11-18(22)21-13-8-9-15(19)16(20)10-13/h4-10,12H,3,11,20H2,1-2H3,(H,21,22)/t12-/m1/s1. The summed E-state index contributed by atoms with van der Waals surface area (Å²) in [5.74, 6) is 0.878.